The lowest BCUT2D eigenvalue weighted by Gasteiger charge is -2.10. The van der Waals surface area contributed by atoms with Crippen molar-refractivity contribution in [3.63, 3.8) is 0 Å². The van der Waals surface area contributed by atoms with Crippen LogP contribution in [0.2, 0.25) is 0 Å². The molecular weight excluding hydrogens is 250 g/mol. The molecule has 0 atom stereocenters. The number of nitrogens with zero attached hydrogens (tertiary/aromatic N) is 3. The van der Waals surface area contributed by atoms with Crippen molar-refractivity contribution in [3.05, 3.63) is 27.8 Å². The lowest BCUT2D eigenvalue weighted by molar-refractivity contribution is 0.0828. The SMILES string of the molecule is Cc1csc(CNc2[nH]ncc2C(=O)N(C)C)n1. The van der Waals surface area contributed by atoms with E-state index in [1.165, 1.54) is 11.1 Å². The van der Waals surface area contributed by atoms with Gasteiger partial charge in [-0.05, 0) is 6.92 Å². The fourth-order valence-electron chi connectivity index (χ4n) is 1.47. The largest absolute Gasteiger partial charge is 0.363 e. The Morgan fingerprint density at radius 3 is 2.94 bits per heavy atom. The number of carbonyl (C=O) groups excluding carboxylic acids is 1. The summed E-state index contributed by atoms with van der Waals surface area (Å²) in [7, 11) is 3.42. The van der Waals surface area contributed by atoms with Gasteiger partial charge in [0.05, 0.1) is 12.7 Å². The summed E-state index contributed by atoms with van der Waals surface area (Å²) in [4.78, 5) is 17.7. The zero-order valence-corrected chi connectivity index (χ0v) is 11.3. The Bertz CT molecular complexity index is 545. The van der Waals surface area contributed by atoms with Crippen molar-refractivity contribution in [2.75, 3.05) is 19.4 Å². The summed E-state index contributed by atoms with van der Waals surface area (Å²) in [6.45, 7) is 2.53. The molecule has 2 N–H and O–H groups in total. The van der Waals surface area contributed by atoms with Gasteiger partial charge in [0.15, 0.2) is 0 Å². The van der Waals surface area contributed by atoms with E-state index in [9.17, 15) is 4.79 Å². The third-order valence-corrected chi connectivity index (χ3v) is 3.33. The summed E-state index contributed by atoms with van der Waals surface area (Å²) < 4.78 is 0. The highest BCUT2D eigenvalue weighted by Gasteiger charge is 2.15. The third-order valence-electron chi connectivity index (χ3n) is 2.36. The van der Waals surface area contributed by atoms with Gasteiger partial charge >= 0.3 is 0 Å². The molecule has 2 heterocycles. The molecule has 0 aliphatic heterocycles. The van der Waals surface area contributed by atoms with Crippen molar-refractivity contribution in [1.29, 1.82) is 0 Å². The zero-order valence-electron chi connectivity index (χ0n) is 10.5. The molecule has 0 saturated carbocycles. The molecule has 96 valence electrons. The van der Waals surface area contributed by atoms with Gasteiger partial charge in [0.25, 0.3) is 5.91 Å². The molecule has 0 aliphatic carbocycles. The van der Waals surface area contributed by atoms with Crippen LogP contribution in [0.25, 0.3) is 0 Å². The summed E-state index contributed by atoms with van der Waals surface area (Å²) in [6, 6.07) is 0. The fraction of sp³-hybridized carbons (Fsp3) is 0.364. The first-order chi connectivity index (χ1) is 8.58. The van der Waals surface area contributed by atoms with Gasteiger partial charge in [-0.15, -0.1) is 11.3 Å². The maximum absolute atomic E-state index is 11.9. The third kappa shape index (κ3) is 2.67. The summed E-state index contributed by atoms with van der Waals surface area (Å²) >= 11 is 1.59. The molecule has 0 fully saturated rings. The fourth-order valence-corrected chi connectivity index (χ4v) is 2.18. The number of hydrogen-bond donors (Lipinski definition) is 2. The molecule has 0 bridgehead atoms. The number of anilines is 1. The molecule has 2 rings (SSSR count). The number of hydrogen-bond acceptors (Lipinski definition) is 5. The van der Waals surface area contributed by atoms with E-state index in [-0.39, 0.29) is 5.91 Å². The van der Waals surface area contributed by atoms with Crippen molar-refractivity contribution in [3.8, 4) is 0 Å². The molecule has 7 heteroatoms. The minimum atomic E-state index is -0.0819. The molecule has 0 unspecified atom stereocenters. The number of aromatic nitrogens is 3. The highest BCUT2D eigenvalue weighted by Crippen LogP contribution is 2.15. The van der Waals surface area contributed by atoms with Crippen LogP contribution < -0.4 is 5.32 Å². The highest BCUT2D eigenvalue weighted by molar-refractivity contribution is 7.09. The van der Waals surface area contributed by atoms with Crippen LogP contribution in [-0.4, -0.2) is 40.1 Å². The van der Waals surface area contributed by atoms with Gasteiger partial charge in [-0.1, -0.05) is 0 Å². The van der Waals surface area contributed by atoms with E-state index in [0.717, 1.165) is 10.7 Å². The smallest absolute Gasteiger partial charge is 0.258 e. The van der Waals surface area contributed by atoms with Crippen LogP contribution in [0, 0.1) is 6.92 Å². The lowest BCUT2D eigenvalue weighted by Crippen LogP contribution is -2.22. The van der Waals surface area contributed by atoms with Gasteiger partial charge < -0.3 is 10.2 Å². The molecule has 18 heavy (non-hydrogen) atoms. The summed E-state index contributed by atoms with van der Waals surface area (Å²) in [5.74, 6) is 0.545. The van der Waals surface area contributed by atoms with E-state index in [4.69, 9.17) is 0 Å². The van der Waals surface area contributed by atoms with E-state index >= 15 is 0 Å². The average Bonchev–Trinajstić information content (AvgIpc) is 2.93. The Morgan fingerprint density at radius 1 is 1.56 bits per heavy atom. The van der Waals surface area contributed by atoms with Crippen LogP contribution in [0.5, 0.6) is 0 Å². The van der Waals surface area contributed by atoms with Crippen LogP contribution in [-0.2, 0) is 6.54 Å². The second kappa shape index (κ2) is 5.18. The van der Waals surface area contributed by atoms with E-state index in [1.54, 1.807) is 25.4 Å². The molecular formula is C11H15N5OS. The van der Waals surface area contributed by atoms with Crippen molar-refractivity contribution >= 4 is 23.1 Å². The van der Waals surface area contributed by atoms with Gasteiger partial charge in [0.1, 0.15) is 16.4 Å². The molecule has 0 spiro atoms. The Hall–Kier alpha value is -1.89. The van der Waals surface area contributed by atoms with Crippen LogP contribution in [0.4, 0.5) is 5.82 Å². The van der Waals surface area contributed by atoms with E-state index in [2.05, 4.69) is 20.5 Å². The highest BCUT2D eigenvalue weighted by atomic mass is 32.1. The molecule has 0 aromatic carbocycles. The molecule has 0 aliphatic rings. The van der Waals surface area contributed by atoms with Crippen LogP contribution in [0.15, 0.2) is 11.6 Å². The second-order valence-electron chi connectivity index (χ2n) is 4.09. The average molecular weight is 265 g/mol. The molecule has 2 aromatic heterocycles. The van der Waals surface area contributed by atoms with Crippen molar-refractivity contribution in [1.82, 2.24) is 20.1 Å². The van der Waals surface area contributed by atoms with Gasteiger partial charge in [-0.3, -0.25) is 9.89 Å². The number of rotatable bonds is 4. The number of amides is 1. The maximum Gasteiger partial charge on any atom is 0.258 e. The van der Waals surface area contributed by atoms with Gasteiger partial charge in [0, 0.05) is 25.2 Å². The van der Waals surface area contributed by atoms with E-state index in [0.29, 0.717) is 17.9 Å². The maximum atomic E-state index is 11.9. The zero-order chi connectivity index (χ0) is 13.1. The summed E-state index contributed by atoms with van der Waals surface area (Å²) in [5, 5.41) is 12.8. The Morgan fingerprint density at radius 2 is 2.33 bits per heavy atom. The van der Waals surface area contributed by atoms with Crippen LogP contribution >= 0.6 is 11.3 Å². The first-order valence-corrected chi connectivity index (χ1v) is 6.36. The molecule has 0 radical (unpaired) electrons. The minimum Gasteiger partial charge on any atom is -0.363 e. The van der Waals surface area contributed by atoms with Gasteiger partial charge in [-0.25, -0.2) is 4.98 Å². The lowest BCUT2D eigenvalue weighted by atomic mass is 10.3. The monoisotopic (exact) mass is 265 g/mol. The standard InChI is InChI=1S/C11H15N5OS/c1-7-6-18-9(14-7)5-12-10-8(4-13-15-10)11(17)16(2)3/h4,6H,5H2,1-3H3,(H2,12,13,15). The number of aromatic amines is 1. The first kappa shape index (κ1) is 12.6. The van der Waals surface area contributed by atoms with E-state index < -0.39 is 0 Å². The van der Waals surface area contributed by atoms with Gasteiger partial charge in [0.2, 0.25) is 0 Å². The van der Waals surface area contributed by atoms with Crippen molar-refractivity contribution < 1.29 is 4.79 Å². The molecule has 0 saturated heterocycles. The predicted molar refractivity (Wildman–Crippen MR) is 70.8 cm³/mol. The Kier molecular flexibility index (Phi) is 3.61. The predicted octanol–water partition coefficient (Wildman–Crippen LogP) is 1.49. The number of H-pyrrole nitrogens is 1. The number of nitrogens with one attached hydrogen (secondary N) is 2. The molecule has 1 amide bonds. The topological polar surface area (TPSA) is 73.9 Å². The normalized spacial score (nSPS) is 10.4. The minimum absolute atomic E-state index is 0.0819. The van der Waals surface area contributed by atoms with Crippen molar-refractivity contribution in [2.24, 2.45) is 0 Å². The van der Waals surface area contributed by atoms with Crippen LogP contribution in [0.1, 0.15) is 21.1 Å². The Balaban J connectivity index is 2.06. The quantitative estimate of drug-likeness (QED) is 0.878. The number of carbonyl (C=O) groups is 1. The summed E-state index contributed by atoms with van der Waals surface area (Å²) in [5.41, 5.74) is 1.54. The van der Waals surface area contributed by atoms with Crippen LogP contribution in [0.3, 0.4) is 0 Å². The number of thiazole rings is 1. The van der Waals surface area contributed by atoms with E-state index in [1.807, 2.05) is 12.3 Å². The first-order valence-electron chi connectivity index (χ1n) is 5.48. The molecule has 2 aromatic rings. The van der Waals surface area contributed by atoms with Gasteiger partial charge in [-0.2, -0.15) is 5.10 Å². The molecule has 6 nitrogen and oxygen atoms in total. The second-order valence-corrected chi connectivity index (χ2v) is 5.04. The Labute approximate surface area is 109 Å². The number of aryl methyl sites for hydroxylation is 1. The summed E-state index contributed by atoms with van der Waals surface area (Å²) in [6.07, 6.45) is 1.53. The van der Waals surface area contributed by atoms with Crippen molar-refractivity contribution in [2.45, 2.75) is 13.5 Å².